The van der Waals surface area contributed by atoms with Gasteiger partial charge in [0, 0.05) is 75.2 Å². The van der Waals surface area contributed by atoms with Crippen molar-refractivity contribution >= 4 is 54.3 Å². The number of aromatic nitrogens is 2. The van der Waals surface area contributed by atoms with Gasteiger partial charge in [-0.15, -0.1) is 0 Å². The summed E-state index contributed by atoms with van der Waals surface area (Å²) >= 11 is 0. The van der Waals surface area contributed by atoms with Crippen molar-refractivity contribution in [3.8, 4) is 39.9 Å². The summed E-state index contributed by atoms with van der Waals surface area (Å²) in [6.07, 6.45) is 4.78. The summed E-state index contributed by atoms with van der Waals surface area (Å²) in [5.74, 6) is 3.21. The van der Waals surface area contributed by atoms with Crippen LogP contribution in [0.25, 0.3) is 28.1 Å². The molecule has 0 saturated carbocycles. The molecule has 5 aromatic carbocycles. The summed E-state index contributed by atoms with van der Waals surface area (Å²) in [4.78, 5) is 72.9. The summed E-state index contributed by atoms with van der Waals surface area (Å²) in [6.45, 7) is 0.871. The van der Waals surface area contributed by atoms with E-state index in [2.05, 4.69) is 21.8 Å². The molecule has 8 rings (SSSR count). The molecule has 0 radical (unpaired) electrons. The van der Waals surface area contributed by atoms with E-state index in [9.17, 15) is 28.8 Å². The first-order valence-corrected chi connectivity index (χ1v) is 22.3. The SMILES string of the molecule is CNC(=O)c1ccc(-n2cc3c(n2)-c2ccccc2N(C(=O)CCCCC(=O)O)Cc2ccccc2-3)cc1.O=C(O)CCCCC(=O)N1Cc2ccccc2C#Cc2ccccc21.[2H]B(OC)C(=O)O. The zero-order chi connectivity index (χ0) is 50.2. The lowest BCUT2D eigenvalue weighted by molar-refractivity contribution is -0.138. The third kappa shape index (κ3) is 13.4. The predicted octanol–water partition coefficient (Wildman–Crippen LogP) is 8.30. The average molecular weight is 931 g/mol. The van der Waals surface area contributed by atoms with Crippen LogP contribution >= 0.6 is 0 Å². The third-order valence-corrected chi connectivity index (χ3v) is 11.2. The van der Waals surface area contributed by atoms with Crippen LogP contribution in [0.15, 0.2) is 128 Å². The van der Waals surface area contributed by atoms with Gasteiger partial charge in [0.15, 0.2) is 0 Å². The van der Waals surface area contributed by atoms with Crippen LogP contribution in [0.3, 0.4) is 0 Å². The smallest absolute Gasteiger partial charge is 0.406 e. The first-order valence-electron chi connectivity index (χ1n) is 22.9. The minimum Gasteiger partial charge on any atom is -0.487 e. The fourth-order valence-electron chi connectivity index (χ4n) is 7.80. The van der Waals surface area contributed by atoms with Crippen molar-refractivity contribution in [3.05, 3.63) is 155 Å². The van der Waals surface area contributed by atoms with Crippen molar-refractivity contribution in [2.45, 2.75) is 64.5 Å². The highest BCUT2D eigenvalue weighted by Gasteiger charge is 2.28. The molecule has 2 aliphatic heterocycles. The van der Waals surface area contributed by atoms with Gasteiger partial charge >= 0.3 is 19.4 Å². The minimum absolute atomic E-state index is 0.00339. The Morgan fingerprint density at radius 2 is 1.14 bits per heavy atom. The average Bonchev–Trinajstić information content (AvgIpc) is 3.80. The summed E-state index contributed by atoms with van der Waals surface area (Å²) in [5, 5.41) is 33.1. The van der Waals surface area contributed by atoms with Gasteiger partial charge in [-0.2, -0.15) is 5.10 Å². The summed E-state index contributed by atoms with van der Waals surface area (Å²) in [7, 11) is 1.34. The Morgan fingerprint density at radius 1 is 0.638 bits per heavy atom. The highest BCUT2D eigenvalue weighted by molar-refractivity contribution is 6.66. The molecule has 2 aliphatic rings. The number of carbonyl (C=O) groups excluding carboxylic acids is 3. The van der Waals surface area contributed by atoms with Crippen LogP contribution in [0.2, 0.25) is 0 Å². The van der Waals surface area contributed by atoms with Gasteiger partial charge in [-0.25, -0.2) is 4.68 Å². The molecular formula is C53H52BN5O10. The van der Waals surface area contributed by atoms with Gasteiger partial charge in [-0.3, -0.25) is 28.8 Å². The number of unbranched alkanes of at least 4 members (excludes halogenated alkanes) is 2. The van der Waals surface area contributed by atoms with E-state index in [0.29, 0.717) is 50.8 Å². The van der Waals surface area contributed by atoms with E-state index in [1.54, 1.807) is 33.7 Å². The van der Waals surface area contributed by atoms with E-state index in [4.69, 9.17) is 21.8 Å². The number of benzene rings is 5. The number of fused-ring (bicyclic) bond motifs is 7. The molecule has 352 valence electrons. The molecule has 3 heterocycles. The Kier molecular flexibility index (Phi) is 17.3. The molecule has 3 amide bonds. The number of amides is 3. The van der Waals surface area contributed by atoms with E-state index in [1.165, 1.54) is 7.11 Å². The molecule has 0 saturated heterocycles. The molecule has 0 spiro atoms. The van der Waals surface area contributed by atoms with E-state index >= 15 is 0 Å². The maximum atomic E-state index is 13.5. The monoisotopic (exact) mass is 930 g/mol. The zero-order valence-corrected chi connectivity index (χ0v) is 38.3. The largest absolute Gasteiger partial charge is 0.487 e. The van der Waals surface area contributed by atoms with Crippen LogP contribution in [0.5, 0.6) is 0 Å². The van der Waals surface area contributed by atoms with Crippen LogP contribution in [-0.4, -0.2) is 83.6 Å². The number of carboxylic acid groups (broad SMARTS) is 3. The van der Waals surface area contributed by atoms with Crippen LogP contribution in [0.4, 0.5) is 16.2 Å². The molecule has 16 heteroatoms. The molecule has 69 heavy (non-hydrogen) atoms. The summed E-state index contributed by atoms with van der Waals surface area (Å²) < 4.78 is 12.3. The fraction of sp³-hybridized carbons (Fsp3) is 0.226. The number of hydrogen-bond acceptors (Lipinski definition) is 8. The number of nitrogens with one attached hydrogen (secondary N) is 1. The van der Waals surface area contributed by atoms with Crippen molar-refractivity contribution in [1.29, 1.82) is 1.34 Å². The Labute approximate surface area is 402 Å². The van der Waals surface area contributed by atoms with Gasteiger partial charge in [0.2, 0.25) is 11.8 Å². The van der Waals surface area contributed by atoms with Crippen LogP contribution in [0.1, 0.15) is 84.0 Å². The third-order valence-electron chi connectivity index (χ3n) is 11.2. The predicted molar refractivity (Wildman–Crippen MR) is 263 cm³/mol. The van der Waals surface area contributed by atoms with Gasteiger partial charge in [-0.1, -0.05) is 84.6 Å². The second-order valence-corrected chi connectivity index (χ2v) is 15.9. The second kappa shape index (κ2) is 24.5. The summed E-state index contributed by atoms with van der Waals surface area (Å²) in [6, 6.07) is 38.5. The van der Waals surface area contributed by atoms with E-state index in [-0.39, 0.29) is 37.0 Å². The molecule has 6 aromatic rings. The van der Waals surface area contributed by atoms with Crippen molar-refractivity contribution < 1.29 is 48.7 Å². The second-order valence-electron chi connectivity index (χ2n) is 15.9. The number of anilines is 2. The van der Waals surface area contributed by atoms with Crippen molar-refractivity contribution in [3.63, 3.8) is 0 Å². The molecule has 4 N–H and O–H groups in total. The highest BCUT2D eigenvalue weighted by atomic mass is 16.4. The van der Waals surface area contributed by atoms with Gasteiger partial charge in [0.05, 0.1) is 30.2 Å². The number of nitrogens with zero attached hydrogens (tertiary/aromatic N) is 4. The van der Waals surface area contributed by atoms with E-state index in [0.717, 1.165) is 61.7 Å². The molecule has 15 nitrogen and oxygen atoms in total. The molecule has 0 fully saturated rings. The minimum atomic E-state index is -1.43. The number of rotatable bonds is 14. The van der Waals surface area contributed by atoms with Crippen molar-refractivity contribution in [1.82, 2.24) is 15.1 Å². The molecule has 0 bridgehead atoms. The Hall–Kier alpha value is -8.29. The number of carboxylic acids is 2. The highest BCUT2D eigenvalue weighted by Crippen LogP contribution is 2.42. The molecule has 0 aliphatic carbocycles. The van der Waals surface area contributed by atoms with Gasteiger partial charge in [0.25, 0.3) is 11.8 Å². The standard InChI is InChI=1S/C30H28N4O4.C21H19NO3.C2H5BO3/c1-31-30(38)20-14-16-22(17-15-20)34-19-25-23-9-3-2-8-21(23)18-33(27(35)12-6-7-13-28(36)37)26-11-5-4-10-24(26)29(25)32-34;23-20(11-5-6-12-21(24)25)22-15-18-9-2-1-7-16(18)13-14-17-8-3-4-10-19(17)22;1-6-3-2(4)5/h2-5,8-11,14-17,19H,6-7,12-13,18H2,1H3,(H,31,38)(H,36,37);1-4,7-10H,5-6,11-12,15H2,(H,24,25);3H,1H3,(H,4,5)/i;;3D. The number of hydrogen-bond donors (Lipinski definition) is 4. The van der Waals surface area contributed by atoms with Gasteiger partial charge < -0.3 is 35.1 Å². The maximum Gasteiger partial charge on any atom is 0.406 e. The number of para-hydroxylation sites is 2. The van der Waals surface area contributed by atoms with Gasteiger partial charge in [-0.05, 0) is 90.9 Å². The normalized spacial score (nSPS) is 11.8. The van der Waals surface area contributed by atoms with Gasteiger partial charge in [0.1, 0.15) is 5.69 Å². The first kappa shape index (κ1) is 48.6. The lowest BCUT2D eigenvalue weighted by Gasteiger charge is -2.28. The molecule has 0 atom stereocenters. The fourth-order valence-corrected chi connectivity index (χ4v) is 7.80. The molecular weight excluding hydrogens is 877 g/mol. The Bertz CT molecular complexity index is 2930. The van der Waals surface area contributed by atoms with Crippen molar-refractivity contribution in [2.75, 3.05) is 24.0 Å². The number of carbonyl (C=O) groups is 6. The molecule has 0 unspecified atom stereocenters. The quantitative estimate of drug-likeness (QED) is 0.0464. The lowest BCUT2D eigenvalue weighted by Crippen LogP contribution is -2.31. The molecule has 1 aromatic heterocycles. The lowest BCUT2D eigenvalue weighted by atomic mass is 9.93. The van der Waals surface area contributed by atoms with Crippen molar-refractivity contribution in [2.24, 2.45) is 0 Å². The Balaban J connectivity index is 0.000000215. The van der Waals surface area contributed by atoms with Crippen LogP contribution < -0.4 is 15.1 Å². The summed E-state index contributed by atoms with van der Waals surface area (Å²) in [5.41, 5.74) is 10.3. The number of aliphatic carboxylic acids is 2. The van der Waals surface area contributed by atoms with Crippen LogP contribution in [-0.2, 0) is 36.9 Å². The van der Waals surface area contributed by atoms with Crippen LogP contribution in [0, 0.1) is 11.8 Å². The first-order chi connectivity index (χ1) is 33.8. The zero-order valence-electron chi connectivity index (χ0n) is 39.3. The van der Waals surface area contributed by atoms with E-state index < -0.39 is 25.3 Å². The topological polar surface area (TPSA) is 209 Å². The Morgan fingerprint density at radius 3 is 1.74 bits per heavy atom. The maximum absolute atomic E-state index is 13.5. The van der Waals surface area contributed by atoms with E-state index in [1.807, 2.05) is 115 Å².